The van der Waals surface area contributed by atoms with Gasteiger partial charge in [0.25, 0.3) is 0 Å². The predicted molar refractivity (Wildman–Crippen MR) is 55.1 cm³/mol. The van der Waals surface area contributed by atoms with E-state index in [9.17, 15) is 0 Å². The number of hydrogen-bond acceptors (Lipinski definition) is 2. The average molecular weight is 168 g/mol. The third-order valence-corrected chi connectivity index (χ3v) is 1.58. The topological polar surface area (TPSA) is 62.0 Å². The van der Waals surface area contributed by atoms with Gasteiger partial charge in [-0.1, -0.05) is 0 Å². The van der Waals surface area contributed by atoms with E-state index in [0.29, 0.717) is 0 Å². The van der Waals surface area contributed by atoms with Gasteiger partial charge in [-0.2, -0.15) is 0 Å². The molecule has 0 saturated heterocycles. The van der Waals surface area contributed by atoms with Gasteiger partial charge in [0.15, 0.2) is 0 Å². The van der Waals surface area contributed by atoms with E-state index in [0.717, 1.165) is 18.3 Å². The molecule has 0 aliphatic carbocycles. The number of aliphatic hydroxyl groups is 1. The summed E-state index contributed by atoms with van der Waals surface area (Å²) in [5, 5.41) is 8.17. The summed E-state index contributed by atoms with van der Waals surface area (Å²) in [5.74, 6) is 0. The second-order valence-corrected chi connectivity index (χ2v) is 2.32. The number of nitrogens with two attached hydrogens (primary N) is 1. The Morgan fingerprint density at radius 3 is 2.83 bits per heavy atom. The largest absolute Gasteiger partial charge is 0.400 e. The Morgan fingerprint density at radius 2 is 2.08 bits per heavy atom. The molecule has 12 heavy (non-hydrogen) atoms. The van der Waals surface area contributed by atoms with E-state index in [1.807, 2.05) is 30.5 Å². The third kappa shape index (κ3) is 1.57. The van der Waals surface area contributed by atoms with Gasteiger partial charge >= 0.3 is 0 Å². The summed E-state index contributed by atoms with van der Waals surface area (Å²) in [5.41, 5.74) is 7.51. The maximum absolute atomic E-state index is 7.00. The molecule has 1 aromatic carbocycles. The number of aliphatic hydroxyl groups excluding tert-OH is 1. The van der Waals surface area contributed by atoms with Crippen molar-refractivity contribution < 1.29 is 7.96 Å². The van der Waals surface area contributed by atoms with Gasteiger partial charge in [-0.15, -0.1) is 0 Å². The van der Waals surface area contributed by atoms with Crippen LogP contribution in [0.2, 0.25) is 0 Å². The molecule has 1 heterocycles. The normalized spacial score (nSPS) is 9.17. The summed E-state index contributed by atoms with van der Waals surface area (Å²) in [7, 11) is 1.00. The molecular formula is C9H16N2O. The molecule has 0 fully saturated rings. The molecule has 0 radical (unpaired) electrons. The number of nitrogens with one attached hydrogen (secondary N) is 1. The zero-order chi connectivity index (χ0) is 8.97. The number of aromatic nitrogens is 1. The summed E-state index contributed by atoms with van der Waals surface area (Å²) in [4.78, 5) is 3.09. The van der Waals surface area contributed by atoms with Gasteiger partial charge in [0.1, 0.15) is 0 Å². The van der Waals surface area contributed by atoms with E-state index in [2.05, 4.69) is 4.98 Å². The molecule has 0 saturated carbocycles. The van der Waals surface area contributed by atoms with Crippen molar-refractivity contribution in [2.24, 2.45) is 0 Å². The molecule has 3 nitrogen and oxygen atoms in total. The van der Waals surface area contributed by atoms with Gasteiger partial charge in [-0.05, 0) is 24.3 Å². The Bertz CT molecular complexity index is 362. The first-order chi connectivity index (χ1) is 5.86. The Hall–Kier alpha value is -1.48. The van der Waals surface area contributed by atoms with Crippen LogP contribution >= 0.6 is 0 Å². The monoisotopic (exact) mass is 168 g/mol. The number of aromatic amines is 1. The van der Waals surface area contributed by atoms with Gasteiger partial charge < -0.3 is 15.8 Å². The second-order valence-electron chi connectivity index (χ2n) is 2.32. The Balaban J connectivity index is 0. The summed E-state index contributed by atoms with van der Waals surface area (Å²) in [6.45, 7) is 0. The first kappa shape index (κ1) is 8.62. The molecule has 0 bridgehead atoms. The van der Waals surface area contributed by atoms with Crippen LogP contribution in [0.3, 0.4) is 0 Å². The van der Waals surface area contributed by atoms with E-state index < -0.39 is 0 Å². The van der Waals surface area contributed by atoms with Crippen LogP contribution in [-0.2, 0) is 0 Å². The molecule has 0 spiro atoms. The van der Waals surface area contributed by atoms with Crippen molar-refractivity contribution in [2.75, 3.05) is 12.8 Å². The zero-order valence-corrected chi connectivity index (χ0v) is 6.91. The molecule has 4 N–H and O–H groups in total. The molecule has 3 heteroatoms. The Morgan fingerprint density at radius 1 is 1.33 bits per heavy atom. The number of H-pyrrole nitrogens is 1. The minimum atomic E-state index is 0. The van der Waals surface area contributed by atoms with Crippen molar-refractivity contribution in [1.29, 1.82) is 0 Å². The molecule has 1 aromatic heterocycles. The molecule has 68 valence electrons. The summed E-state index contributed by atoms with van der Waals surface area (Å²) in [6.07, 6.45) is 1.91. The Labute approximate surface area is 73.8 Å². The lowest BCUT2D eigenvalue weighted by Gasteiger charge is -1.90. The fourth-order valence-electron chi connectivity index (χ4n) is 1.07. The van der Waals surface area contributed by atoms with Crippen LogP contribution in [0.1, 0.15) is 2.85 Å². The van der Waals surface area contributed by atoms with Crippen LogP contribution in [-0.4, -0.2) is 17.2 Å². The van der Waals surface area contributed by atoms with Crippen molar-refractivity contribution >= 4 is 16.6 Å². The van der Waals surface area contributed by atoms with E-state index in [1.165, 1.54) is 5.39 Å². The van der Waals surface area contributed by atoms with Crippen molar-refractivity contribution in [2.45, 2.75) is 0 Å². The van der Waals surface area contributed by atoms with Crippen LogP contribution in [0.25, 0.3) is 10.9 Å². The second kappa shape index (κ2) is 3.78. The van der Waals surface area contributed by atoms with Gasteiger partial charge in [0.05, 0.1) is 0 Å². The number of anilines is 1. The Kier molecular flexibility index (Phi) is 2.71. The summed E-state index contributed by atoms with van der Waals surface area (Å²) < 4.78 is 0. The van der Waals surface area contributed by atoms with E-state index in [-0.39, 0.29) is 2.85 Å². The average Bonchev–Trinajstić information content (AvgIpc) is 2.54. The minimum Gasteiger partial charge on any atom is -0.400 e. The van der Waals surface area contributed by atoms with Crippen LogP contribution in [0.15, 0.2) is 30.5 Å². The highest BCUT2D eigenvalue weighted by Gasteiger charge is 1.91. The fraction of sp³-hybridized carbons (Fsp3) is 0.111. The predicted octanol–water partition coefficient (Wildman–Crippen LogP) is 1.85. The van der Waals surface area contributed by atoms with Crippen molar-refractivity contribution in [3.05, 3.63) is 30.5 Å². The van der Waals surface area contributed by atoms with Crippen LogP contribution in [0.5, 0.6) is 0 Å². The molecular weight excluding hydrogens is 152 g/mol. The lowest BCUT2D eigenvalue weighted by atomic mass is 10.2. The van der Waals surface area contributed by atoms with Crippen molar-refractivity contribution in [3.63, 3.8) is 0 Å². The van der Waals surface area contributed by atoms with Crippen molar-refractivity contribution in [3.8, 4) is 0 Å². The summed E-state index contributed by atoms with van der Waals surface area (Å²) in [6, 6.07) is 7.82. The maximum atomic E-state index is 7.00. The molecule has 0 unspecified atom stereocenters. The van der Waals surface area contributed by atoms with E-state index >= 15 is 0 Å². The molecule has 0 aliphatic rings. The lowest BCUT2D eigenvalue weighted by molar-refractivity contribution is 0.399. The molecule has 2 aromatic rings. The number of hydrogen-bond donors (Lipinski definition) is 3. The molecule has 0 amide bonds. The van der Waals surface area contributed by atoms with Crippen LogP contribution < -0.4 is 5.73 Å². The molecule has 2 rings (SSSR count). The van der Waals surface area contributed by atoms with Crippen LogP contribution in [0.4, 0.5) is 5.69 Å². The number of rotatable bonds is 0. The third-order valence-electron chi connectivity index (χ3n) is 1.58. The number of benzene rings is 1. The lowest BCUT2D eigenvalue weighted by Crippen LogP contribution is -1.81. The summed E-state index contributed by atoms with van der Waals surface area (Å²) >= 11 is 0. The standard InChI is InChI=1S/C8H8N2.CH4O.2H2/c9-7-1-2-8-6(5-7)3-4-10-8;1-2;;/h1-5,10H,9H2;2H,1H3;2*1H. The number of nitrogen functional groups attached to an aromatic ring is 1. The van der Waals surface area contributed by atoms with Gasteiger partial charge in [0, 0.05) is 32.8 Å². The van der Waals surface area contributed by atoms with E-state index in [4.69, 9.17) is 10.8 Å². The van der Waals surface area contributed by atoms with Gasteiger partial charge in [0.2, 0.25) is 0 Å². The van der Waals surface area contributed by atoms with Gasteiger partial charge in [-0.3, -0.25) is 0 Å². The highest BCUT2D eigenvalue weighted by Crippen LogP contribution is 2.14. The molecule has 0 atom stereocenters. The smallest absolute Gasteiger partial charge is 0.0455 e. The number of fused-ring (bicyclic) bond motifs is 1. The van der Waals surface area contributed by atoms with Gasteiger partial charge in [-0.25, -0.2) is 0 Å². The van der Waals surface area contributed by atoms with Crippen LogP contribution in [0, 0.1) is 0 Å². The first-order valence-corrected chi connectivity index (χ1v) is 3.63. The maximum Gasteiger partial charge on any atom is 0.0455 e. The molecule has 0 aliphatic heterocycles. The quantitative estimate of drug-likeness (QED) is 0.526. The minimum absolute atomic E-state index is 0. The van der Waals surface area contributed by atoms with Crippen molar-refractivity contribution in [1.82, 2.24) is 4.98 Å². The SMILES string of the molecule is CO.Nc1ccc2[nH]ccc2c1.[HH].[HH]. The highest BCUT2D eigenvalue weighted by atomic mass is 16.2. The zero-order valence-electron chi connectivity index (χ0n) is 6.91. The fourth-order valence-corrected chi connectivity index (χ4v) is 1.07. The first-order valence-electron chi connectivity index (χ1n) is 3.63. The van der Waals surface area contributed by atoms with E-state index in [1.54, 1.807) is 0 Å². The highest BCUT2D eigenvalue weighted by molar-refractivity contribution is 5.82.